The monoisotopic (exact) mass is 244 g/mol. The van der Waals surface area contributed by atoms with Crippen molar-refractivity contribution in [3.63, 3.8) is 0 Å². The van der Waals surface area contributed by atoms with Crippen molar-refractivity contribution < 1.29 is 0 Å². The van der Waals surface area contributed by atoms with Gasteiger partial charge in [-0.3, -0.25) is 0 Å². The third kappa shape index (κ3) is 2.96. The highest BCUT2D eigenvalue weighted by Gasteiger charge is 2.08. The van der Waals surface area contributed by atoms with E-state index in [0.717, 1.165) is 42.8 Å². The summed E-state index contributed by atoms with van der Waals surface area (Å²) in [5, 5.41) is 1.08. The average molecular weight is 244 g/mol. The van der Waals surface area contributed by atoms with Gasteiger partial charge in [-0.25, -0.2) is 9.97 Å². The van der Waals surface area contributed by atoms with Gasteiger partial charge in [0.1, 0.15) is 0 Å². The van der Waals surface area contributed by atoms with E-state index in [-0.39, 0.29) is 0 Å². The standard InChI is InChI=1S/C14H20N4/c1-2-9-18(10-5-8-15)14-16-11-12-6-3-4-7-13(12)17-14/h3-4,6-7,11H,2,5,8-10,15H2,1H3. The van der Waals surface area contributed by atoms with Crippen LogP contribution >= 0.6 is 0 Å². The van der Waals surface area contributed by atoms with Gasteiger partial charge in [0.05, 0.1) is 5.52 Å². The van der Waals surface area contributed by atoms with E-state index in [1.807, 2.05) is 30.5 Å². The first kappa shape index (κ1) is 12.8. The number of hydrogen-bond donors (Lipinski definition) is 1. The Labute approximate surface area is 108 Å². The highest BCUT2D eigenvalue weighted by atomic mass is 15.2. The van der Waals surface area contributed by atoms with E-state index in [9.17, 15) is 0 Å². The maximum atomic E-state index is 5.57. The lowest BCUT2D eigenvalue weighted by Gasteiger charge is -2.21. The maximum Gasteiger partial charge on any atom is 0.225 e. The topological polar surface area (TPSA) is 55.0 Å². The largest absolute Gasteiger partial charge is 0.341 e. The molecular weight excluding hydrogens is 224 g/mol. The zero-order valence-electron chi connectivity index (χ0n) is 10.8. The molecule has 0 unspecified atom stereocenters. The summed E-state index contributed by atoms with van der Waals surface area (Å²) in [6, 6.07) is 8.06. The molecule has 0 aliphatic carbocycles. The quantitative estimate of drug-likeness (QED) is 0.846. The van der Waals surface area contributed by atoms with Gasteiger partial charge in [-0.2, -0.15) is 0 Å². The van der Waals surface area contributed by atoms with Crippen molar-refractivity contribution in [3.8, 4) is 0 Å². The molecule has 0 radical (unpaired) electrons. The molecule has 0 fully saturated rings. The highest BCUT2D eigenvalue weighted by molar-refractivity contribution is 5.78. The van der Waals surface area contributed by atoms with Gasteiger partial charge >= 0.3 is 0 Å². The van der Waals surface area contributed by atoms with Crippen molar-refractivity contribution in [3.05, 3.63) is 30.5 Å². The zero-order valence-corrected chi connectivity index (χ0v) is 10.8. The summed E-state index contributed by atoms with van der Waals surface area (Å²) in [7, 11) is 0. The number of rotatable bonds is 6. The lowest BCUT2D eigenvalue weighted by Crippen LogP contribution is -2.28. The summed E-state index contributed by atoms with van der Waals surface area (Å²) in [4.78, 5) is 11.3. The molecule has 18 heavy (non-hydrogen) atoms. The Kier molecular flexibility index (Phi) is 4.47. The highest BCUT2D eigenvalue weighted by Crippen LogP contribution is 2.15. The molecule has 2 rings (SSSR count). The van der Waals surface area contributed by atoms with Gasteiger partial charge in [0.2, 0.25) is 5.95 Å². The van der Waals surface area contributed by atoms with Crippen molar-refractivity contribution in [1.82, 2.24) is 9.97 Å². The number of aromatic nitrogens is 2. The Morgan fingerprint density at radius 1 is 1.22 bits per heavy atom. The van der Waals surface area contributed by atoms with Gasteiger partial charge in [-0.1, -0.05) is 25.1 Å². The SMILES string of the molecule is CCCN(CCCN)c1ncc2ccccc2n1. The Balaban J connectivity index is 2.25. The first-order chi connectivity index (χ1) is 8.85. The van der Waals surface area contributed by atoms with Crippen molar-refractivity contribution in [2.24, 2.45) is 5.73 Å². The first-order valence-electron chi connectivity index (χ1n) is 6.52. The van der Waals surface area contributed by atoms with E-state index >= 15 is 0 Å². The van der Waals surface area contributed by atoms with Crippen molar-refractivity contribution in [1.29, 1.82) is 0 Å². The van der Waals surface area contributed by atoms with Gasteiger partial charge in [0.15, 0.2) is 0 Å². The van der Waals surface area contributed by atoms with Crippen LogP contribution in [0.5, 0.6) is 0 Å². The fourth-order valence-electron chi connectivity index (χ4n) is 1.98. The predicted molar refractivity (Wildman–Crippen MR) is 75.7 cm³/mol. The number of fused-ring (bicyclic) bond motifs is 1. The van der Waals surface area contributed by atoms with Crippen LogP contribution in [0, 0.1) is 0 Å². The molecule has 0 saturated heterocycles. The van der Waals surface area contributed by atoms with Crippen LogP contribution in [-0.4, -0.2) is 29.6 Å². The summed E-state index contributed by atoms with van der Waals surface area (Å²) < 4.78 is 0. The molecule has 0 aliphatic heterocycles. The fourth-order valence-corrected chi connectivity index (χ4v) is 1.98. The smallest absolute Gasteiger partial charge is 0.225 e. The molecule has 0 amide bonds. The summed E-state index contributed by atoms with van der Waals surface area (Å²) in [5.41, 5.74) is 6.57. The second kappa shape index (κ2) is 6.31. The molecule has 2 N–H and O–H groups in total. The van der Waals surface area contributed by atoms with Gasteiger partial charge < -0.3 is 10.6 Å². The van der Waals surface area contributed by atoms with E-state index in [4.69, 9.17) is 5.73 Å². The van der Waals surface area contributed by atoms with E-state index < -0.39 is 0 Å². The first-order valence-corrected chi connectivity index (χ1v) is 6.52. The van der Waals surface area contributed by atoms with Crippen LogP contribution in [-0.2, 0) is 0 Å². The Morgan fingerprint density at radius 2 is 2.06 bits per heavy atom. The predicted octanol–water partition coefficient (Wildman–Crippen LogP) is 2.20. The summed E-state index contributed by atoms with van der Waals surface area (Å²) >= 11 is 0. The van der Waals surface area contributed by atoms with Crippen LogP contribution in [0.15, 0.2) is 30.5 Å². The van der Waals surface area contributed by atoms with E-state index in [1.165, 1.54) is 0 Å². The second-order valence-electron chi connectivity index (χ2n) is 4.36. The van der Waals surface area contributed by atoms with Crippen LogP contribution in [0.25, 0.3) is 10.9 Å². The van der Waals surface area contributed by atoms with Gasteiger partial charge in [0.25, 0.3) is 0 Å². The summed E-state index contributed by atoms with van der Waals surface area (Å²) in [6.07, 6.45) is 3.94. The molecule has 96 valence electrons. The molecule has 2 aromatic rings. The average Bonchev–Trinajstić information content (AvgIpc) is 2.43. The number of nitrogens with two attached hydrogens (primary N) is 1. The number of benzene rings is 1. The Morgan fingerprint density at radius 3 is 2.83 bits per heavy atom. The molecule has 0 bridgehead atoms. The van der Waals surface area contributed by atoms with E-state index in [1.54, 1.807) is 0 Å². The molecule has 0 spiro atoms. The van der Waals surface area contributed by atoms with E-state index in [2.05, 4.69) is 21.8 Å². The van der Waals surface area contributed by atoms with Crippen LogP contribution in [0.1, 0.15) is 19.8 Å². The van der Waals surface area contributed by atoms with Crippen molar-refractivity contribution in [2.45, 2.75) is 19.8 Å². The lowest BCUT2D eigenvalue weighted by molar-refractivity contribution is 0.703. The van der Waals surface area contributed by atoms with Gasteiger partial charge in [-0.05, 0) is 25.5 Å². The number of nitrogens with zero attached hydrogens (tertiary/aromatic N) is 3. The van der Waals surface area contributed by atoms with Crippen LogP contribution in [0.4, 0.5) is 5.95 Å². The van der Waals surface area contributed by atoms with E-state index in [0.29, 0.717) is 6.54 Å². The summed E-state index contributed by atoms with van der Waals surface area (Å²) in [5.74, 6) is 0.809. The lowest BCUT2D eigenvalue weighted by atomic mass is 10.2. The Hall–Kier alpha value is -1.68. The zero-order chi connectivity index (χ0) is 12.8. The Bertz CT molecular complexity index is 498. The molecule has 1 heterocycles. The number of hydrogen-bond acceptors (Lipinski definition) is 4. The molecule has 0 atom stereocenters. The summed E-state index contributed by atoms with van der Waals surface area (Å²) in [6.45, 7) is 4.76. The minimum absolute atomic E-state index is 0.702. The number of para-hydroxylation sites is 1. The van der Waals surface area contributed by atoms with Gasteiger partial charge in [-0.15, -0.1) is 0 Å². The fraction of sp³-hybridized carbons (Fsp3) is 0.429. The van der Waals surface area contributed by atoms with Crippen LogP contribution in [0.2, 0.25) is 0 Å². The minimum atomic E-state index is 0.702. The third-order valence-electron chi connectivity index (χ3n) is 2.88. The minimum Gasteiger partial charge on any atom is -0.341 e. The molecule has 1 aromatic heterocycles. The number of anilines is 1. The molecule has 4 nitrogen and oxygen atoms in total. The van der Waals surface area contributed by atoms with Crippen LogP contribution in [0.3, 0.4) is 0 Å². The molecule has 0 saturated carbocycles. The second-order valence-corrected chi connectivity index (χ2v) is 4.36. The van der Waals surface area contributed by atoms with Crippen molar-refractivity contribution in [2.75, 3.05) is 24.5 Å². The molecule has 0 aliphatic rings. The normalized spacial score (nSPS) is 10.8. The third-order valence-corrected chi connectivity index (χ3v) is 2.88. The van der Waals surface area contributed by atoms with Crippen molar-refractivity contribution >= 4 is 16.9 Å². The molecule has 4 heteroatoms. The molecule has 1 aromatic carbocycles. The molecular formula is C14H20N4. The maximum absolute atomic E-state index is 5.57. The van der Waals surface area contributed by atoms with Crippen LogP contribution < -0.4 is 10.6 Å². The van der Waals surface area contributed by atoms with Gasteiger partial charge in [0, 0.05) is 24.7 Å².